The second kappa shape index (κ2) is 6.38. The predicted molar refractivity (Wildman–Crippen MR) is 82.8 cm³/mol. The summed E-state index contributed by atoms with van der Waals surface area (Å²) in [6, 6.07) is 10.9. The van der Waals surface area contributed by atoms with Crippen LogP contribution < -0.4 is 5.32 Å². The van der Waals surface area contributed by atoms with Crippen LogP contribution in [-0.4, -0.2) is 6.54 Å². The van der Waals surface area contributed by atoms with E-state index in [2.05, 4.69) is 31.3 Å². The number of aryl methyl sites for hydroxylation is 2. The van der Waals surface area contributed by atoms with E-state index >= 15 is 0 Å². The van der Waals surface area contributed by atoms with E-state index < -0.39 is 0 Å². The first-order chi connectivity index (χ1) is 9.52. The smallest absolute Gasteiger partial charge is 0.129 e. The Hall–Kier alpha value is -1.38. The van der Waals surface area contributed by atoms with E-state index in [0.29, 0.717) is 10.6 Å². The van der Waals surface area contributed by atoms with Crippen molar-refractivity contribution in [1.82, 2.24) is 5.32 Å². The number of benzene rings is 2. The Labute approximate surface area is 124 Å². The third kappa shape index (κ3) is 3.20. The van der Waals surface area contributed by atoms with Gasteiger partial charge in [-0.25, -0.2) is 4.39 Å². The summed E-state index contributed by atoms with van der Waals surface area (Å²) in [6.07, 6.45) is 0. The maximum Gasteiger partial charge on any atom is 0.129 e. The van der Waals surface area contributed by atoms with Gasteiger partial charge in [0, 0.05) is 10.6 Å². The number of nitrogens with one attached hydrogen (secondary N) is 1. The number of hydrogen-bond acceptors (Lipinski definition) is 1. The fourth-order valence-corrected chi connectivity index (χ4v) is 2.45. The van der Waals surface area contributed by atoms with Gasteiger partial charge in [0.15, 0.2) is 0 Å². The fraction of sp³-hybridized carbons (Fsp3) is 0.294. The standard InChI is InChI=1S/C17H19ClFN/c1-4-20-17(13-6-5-11(2)12(3)9-13)15-8-7-14(18)10-16(15)19/h5-10,17,20H,4H2,1-3H3. The summed E-state index contributed by atoms with van der Waals surface area (Å²) in [4.78, 5) is 0. The van der Waals surface area contributed by atoms with E-state index in [1.165, 1.54) is 17.2 Å². The number of rotatable bonds is 4. The first-order valence-corrected chi connectivity index (χ1v) is 7.16. The first-order valence-electron chi connectivity index (χ1n) is 6.78. The lowest BCUT2D eigenvalue weighted by molar-refractivity contribution is 0.559. The minimum atomic E-state index is -0.276. The molecule has 0 aliphatic rings. The highest BCUT2D eigenvalue weighted by molar-refractivity contribution is 6.30. The Morgan fingerprint density at radius 1 is 1.10 bits per heavy atom. The summed E-state index contributed by atoms with van der Waals surface area (Å²) in [5.41, 5.74) is 4.14. The SMILES string of the molecule is CCNC(c1ccc(C)c(C)c1)c1ccc(Cl)cc1F. The Morgan fingerprint density at radius 3 is 2.45 bits per heavy atom. The average molecular weight is 292 g/mol. The zero-order chi connectivity index (χ0) is 14.7. The molecule has 1 unspecified atom stereocenters. The van der Waals surface area contributed by atoms with Crippen LogP contribution in [-0.2, 0) is 0 Å². The molecule has 0 saturated carbocycles. The van der Waals surface area contributed by atoms with Gasteiger partial charge in [-0.1, -0.05) is 42.8 Å². The zero-order valence-corrected chi connectivity index (χ0v) is 12.8. The highest BCUT2D eigenvalue weighted by Gasteiger charge is 2.17. The van der Waals surface area contributed by atoms with Crippen LogP contribution in [0.2, 0.25) is 5.02 Å². The van der Waals surface area contributed by atoms with Gasteiger partial charge in [0.2, 0.25) is 0 Å². The van der Waals surface area contributed by atoms with Crippen molar-refractivity contribution in [3.63, 3.8) is 0 Å². The van der Waals surface area contributed by atoms with Gasteiger partial charge < -0.3 is 5.32 Å². The summed E-state index contributed by atoms with van der Waals surface area (Å²) < 4.78 is 14.2. The molecule has 1 N–H and O–H groups in total. The molecule has 20 heavy (non-hydrogen) atoms. The molecular weight excluding hydrogens is 273 g/mol. The molecule has 0 saturated heterocycles. The van der Waals surface area contributed by atoms with Crippen LogP contribution in [0.4, 0.5) is 4.39 Å². The molecule has 0 aromatic heterocycles. The van der Waals surface area contributed by atoms with Crippen molar-refractivity contribution in [1.29, 1.82) is 0 Å². The largest absolute Gasteiger partial charge is 0.306 e. The van der Waals surface area contributed by atoms with Crippen molar-refractivity contribution in [2.75, 3.05) is 6.54 Å². The highest BCUT2D eigenvalue weighted by atomic mass is 35.5. The van der Waals surface area contributed by atoms with Gasteiger partial charge in [-0.3, -0.25) is 0 Å². The second-order valence-corrected chi connectivity index (χ2v) is 5.44. The molecule has 0 amide bonds. The van der Waals surface area contributed by atoms with Crippen LogP contribution in [0.3, 0.4) is 0 Å². The molecule has 2 aromatic carbocycles. The number of hydrogen-bond donors (Lipinski definition) is 1. The molecule has 3 heteroatoms. The van der Waals surface area contributed by atoms with Gasteiger partial charge in [-0.2, -0.15) is 0 Å². The lowest BCUT2D eigenvalue weighted by Crippen LogP contribution is -2.23. The van der Waals surface area contributed by atoms with E-state index in [4.69, 9.17) is 11.6 Å². The molecule has 0 radical (unpaired) electrons. The zero-order valence-electron chi connectivity index (χ0n) is 12.0. The molecule has 106 valence electrons. The normalized spacial score (nSPS) is 12.4. The quantitative estimate of drug-likeness (QED) is 0.853. The van der Waals surface area contributed by atoms with Crippen molar-refractivity contribution >= 4 is 11.6 Å². The van der Waals surface area contributed by atoms with Crippen LogP contribution >= 0.6 is 11.6 Å². The van der Waals surface area contributed by atoms with Crippen LogP contribution in [0.25, 0.3) is 0 Å². The Kier molecular flexibility index (Phi) is 4.79. The maximum atomic E-state index is 14.2. The predicted octanol–water partition coefficient (Wildman–Crippen LogP) is 4.79. The first kappa shape index (κ1) is 15.0. The van der Waals surface area contributed by atoms with Crippen molar-refractivity contribution < 1.29 is 4.39 Å². The molecule has 2 aromatic rings. The molecular formula is C17H19ClFN. The van der Waals surface area contributed by atoms with Gasteiger partial charge in [0.25, 0.3) is 0 Å². The Balaban J connectivity index is 2.47. The summed E-state index contributed by atoms with van der Waals surface area (Å²) >= 11 is 5.83. The molecule has 1 atom stereocenters. The van der Waals surface area contributed by atoms with Crippen LogP contribution in [0.1, 0.15) is 35.2 Å². The van der Waals surface area contributed by atoms with Crippen LogP contribution in [0.5, 0.6) is 0 Å². The molecule has 1 nitrogen and oxygen atoms in total. The minimum absolute atomic E-state index is 0.156. The lowest BCUT2D eigenvalue weighted by atomic mass is 9.95. The third-order valence-corrected chi connectivity index (χ3v) is 3.78. The molecule has 0 aliphatic heterocycles. The molecule has 2 rings (SSSR count). The van der Waals surface area contributed by atoms with Gasteiger partial charge in [0.1, 0.15) is 5.82 Å². The topological polar surface area (TPSA) is 12.0 Å². The summed E-state index contributed by atoms with van der Waals surface area (Å²) in [5.74, 6) is -0.276. The summed E-state index contributed by atoms with van der Waals surface area (Å²) in [5, 5.41) is 3.76. The highest BCUT2D eigenvalue weighted by Crippen LogP contribution is 2.27. The molecule has 0 spiro atoms. The number of halogens is 2. The van der Waals surface area contributed by atoms with E-state index in [1.54, 1.807) is 12.1 Å². The van der Waals surface area contributed by atoms with E-state index in [9.17, 15) is 4.39 Å². The fourth-order valence-electron chi connectivity index (χ4n) is 2.29. The molecule has 0 fully saturated rings. The third-order valence-electron chi connectivity index (χ3n) is 3.55. The maximum absolute atomic E-state index is 14.2. The second-order valence-electron chi connectivity index (χ2n) is 5.00. The van der Waals surface area contributed by atoms with Crippen molar-refractivity contribution in [3.05, 3.63) is 69.5 Å². The lowest BCUT2D eigenvalue weighted by Gasteiger charge is -2.20. The van der Waals surface area contributed by atoms with Gasteiger partial charge in [-0.05, 0) is 49.2 Å². The monoisotopic (exact) mass is 291 g/mol. The van der Waals surface area contributed by atoms with E-state index in [1.807, 2.05) is 13.0 Å². The Bertz CT molecular complexity index is 610. The van der Waals surface area contributed by atoms with Gasteiger partial charge in [0.05, 0.1) is 6.04 Å². The average Bonchev–Trinajstić information content (AvgIpc) is 2.40. The van der Waals surface area contributed by atoms with Gasteiger partial charge >= 0.3 is 0 Å². The Morgan fingerprint density at radius 2 is 1.85 bits per heavy atom. The van der Waals surface area contributed by atoms with Crippen LogP contribution in [0.15, 0.2) is 36.4 Å². The summed E-state index contributed by atoms with van der Waals surface area (Å²) in [7, 11) is 0. The van der Waals surface area contributed by atoms with Gasteiger partial charge in [-0.15, -0.1) is 0 Å². The van der Waals surface area contributed by atoms with Crippen molar-refractivity contribution in [2.24, 2.45) is 0 Å². The van der Waals surface area contributed by atoms with E-state index in [-0.39, 0.29) is 11.9 Å². The molecule has 0 bridgehead atoms. The van der Waals surface area contributed by atoms with Crippen molar-refractivity contribution in [2.45, 2.75) is 26.8 Å². The van der Waals surface area contributed by atoms with Crippen LogP contribution in [0, 0.1) is 19.7 Å². The molecule has 0 aliphatic carbocycles. The minimum Gasteiger partial charge on any atom is -0.306 e. The molecule has 0 heterocycles. The summed E-state index contributed by atoms with van der Waals surface area (Å²) in [6.45, 7) is 6.92. The van der Waals surface area contributed by atoms with E-state index in [0.717, 1.165) is 12.1 Å². The van der Waals surface area contributed by atoms with Crippen molar-refractivity contribution in [3.8, 4) is 0 Å².